The van der Waals surface area contributed by atoms with E-state index in [0.717, 1.165) is 28.5 Å². The molecule has 1 atom stereocenters. The Morgan fingerprint density at radius 1 is 0.939 bits per heavy atom. The van der Waals surface area contributed by atoms with E-state index in [4.69, 9.17) is 4.98 Å². The number of anilines is 1. The highest BCUT2D eigenvalue weighted by Crippen LogP contribution is 2.27. The van der Waals surface area contributed by atoms with Crippen molar-refractivity contribution in [3.05, 3.63) is 100 Å². The summed E-state index contributed by atoms with van der Waals surface area (Å²) in [4.78, 5) is 18.0. The number of aromatic nitrogens is 2. The van der Waals surface area contributed by atoms with Crippen molar-refractivity contribution in [1.82, 2.24) is 9.55 Å². The summed E-state index contributed by atoms with van der Waals surface area (Å²) in [5.74, 6) is 1.21. The molecule has 1 N–H and O–H groups in total. The Hall–Kier alpha value is -3.05. The molecule has 0 saturated carbocycles. The molecule has 3 aromatic carbocycles. The molecule has 5 heteroatoms. The van der Waals surface area contributed by atoms with Crippen molar-refractivity contribution in [2.75, 3.05) is 11.1 Å². The van der Waals surface area contributed by atoms with E-state index in [0.29, 0.717) is 17.8 Å². The van der Waals surface area contributed by atoms with Crippen molar-refractivity contribution in [2.45, 2.75) is 44.9 Å². The molecule has 1 heterocycles. The highest BCUT2D eigenvalue weighted by atomic mass is 32.2. The van der Waals surface area contributed by atoms with Crippen LogP contribution in [0.5, 0.6) is 0 Å². The number of rotatable bonds is 9. The third-order valence-electron chi connectivity index (χ3n) is 5.61. The Balaban J connectivity index is 1.56. The van der Waals surface area contributed by atoms with Crippen LogP contribution in [0.25, 0.3) is 10.9 Å². The Bertz CT molecular complexity index is 1250. The van der Waals surface area contributed by atoms with Gasteiger partial charge in [-0.05, 0) is 49.1 Å². The summed E-state index contributed by atoms with van der Waals surface area (Å²) in [6.07, 6.45) is 0.910. The van der Waals surface area contributed by atoms with Crippen molar-refractivity contribution >= 4 is 28.4 Å². The van der Waals surface area contributed by atoms with E-state index in [1.165, 1.54) is 11.1 Å². The van der Waals surface area contributed by atoms with Crippen molar-refractivity contribution in [3.8, 4) is 0 Å². The first-order valence-corrected chi connectivity index (χ1v) is 12.5. The third kappa shape index (κ3) is 5.85. The minimum Gasteiger partial charge on any atom is -0.378 e. The zero-order valence-corrected chi connectivity index (χ0v) is 20.3. The summed E-state index contributed by atoms with van der Waals surface area (Å²) < 4.78 is 1.85. The molecule has 0 bridgehead atoms. The van der Waals surface area contributed by atoms with Crippen LogP contribution in [0, 0.1) is 12.8 Å². The predicted molar refractivity (Wildman–Crippen MR) is 140 cm³/mol. The number of fused-ring (bicyclic) bond motifs is 1. The van der Waals surface area contributed by atoms with Crippen LogP contribution in [0.4, 0.5) is 5.69 Å². The molecule has 4 rings (SSSR count). The highest BCUT2D eigenvalue weighted by Gasteiger charge is 2.15. The van der Waals surface area contributed by atoms with Gasteiger partial charge in [0.15, 0.2) is 5.16 Å². The van der Waals surface area contributed by atoms with Gasteiger partial charge in [0.25, 0.3) is 5.56 Å². The first-order valence-electron chi connectivity index (χ1n) is 11.5. The second kappa shape index (κ2) is 10.7. The van der Waals surface area contributed by atoms with Gasteiger partial charge in [-0.1, -0.05) is 85.8 Å². The van der Waals surface area contributed by atoms with Crippen LogP contribution in [-0.4, -0.2) is 15.3 Å². The largest absolute Gasteiger partial charge is 0.378 e. The van der Waals surface area contributed by atoms with Crippen LogP contribution in [-0.2, 0) is 6.54 Å². The monoisotopic (exact) mass is 457 g/mol. The molecular formula is C28H31N3OS. The smallest absolute Gasteiger partial charge is 0.262 e. The molecule has 0 aliphatic rings. The third-order valence-corrected chi connectivity index (χ3v) is 6.62. The molecule has 0 amide bonds. The number of nitrogens with zero attached hydrogens (tertiary/aromatic N) is 2. The molecule has 4 aromatic rings. The Kier molecular flexibility index (Phi) is 7.50. The zero-order valence-electron chi connectivity index (χ0n) is 19.5. The lowest BCUT2D eigenvalue weighted by Gasteiger charge is -2.21. The molecular weight excluding hydrogens is 426 g/mol. The van der Waals surface area contributed by atoms with Gasteiger partial charge in [-0.3, -0.25) is 9.36 Å². The molecule has 0 saturated heterocycles. The maximum Gasteiger partial charge on any atom is 0.262 e. The zero-order chi connectivity index (χ0) is 23.2. The van der Waals surface area contributed by atoms with Crippen molar-refractivity contribution in [3.63, 3.8) is 0 Å². The lowest BCUT2D eigenvalue weighted by molar-refractivity contribution is 0.475. The minimum absolute atomic E-state index is 0.0502. The quantitative estimate of drug-likeness (QED) is 0.224. The summed E-state index contributed by atoms with van der Waals surface area (Å²) in [7, 11) is 0. The summed E-state index contributed by atoms with van der Waals surface area (Å²) in [5.41, 5.74) is 4.43. The van der Waals surface area contributed by atoms with E-state index in [-0.39, 0.29) is 11.6 Å². The SMILES string of the molecule is Cc1ccc(N[C@@H](CCSc2nc3ccccc3c(=O)n2CC(C)C)c2ccccc2)cc1. The lowest BCUT2D eigenvalue weighted by atomic mass is 10.0. The molecule has 0 radical (unpaired) electrons. The van der Waals surface area contributed by atoms with Crippen LogP contribution < -0.4 is 10.9 Å². The summed E-state index contributed by atoms with van der Waals surface area (Å²) in [5, 5.41) is 5.18. The number of nitrogens with one attached hydrogen (secondary N) is 1. The topological polar surface area (TPSA) is 46.9 Å². The average Bonchev–Trinajstić information content (AvgIpc) is 2.82. The van der Waals surface area contributed by atoms with Crippen molar-refractivity contribution in [1.29, 1.82) is 0 Å². The van der Waals surface area contributed by atoms with Gasteiger partial charge in [0.05, 0.1) is 16.9 Å². The molecule has 0 unspecified atom stereocenters. The van der Waals surface area contributed by atoms with E-state index in [1.54, 1.807) is 11.8 Å². The van der Waals surface area contributed by atoms with Gasteiger partial charge in [0.1, 0.15) is 0 Å². The van der Waals surface area contributed by atoms with E-state index in [1.807, 2.05) is 34.9 Å². The van der Waals surface area contributed by atoms with Gasteiger partial charge in [-0.2, -0.15) is 0 Å². The fraction of sp³-hybridized carbons (Fsp3) is 0.286. The van der Waals surface area contributed by atoms with Gasteiger partial charge in [0.2, 0.25) is 0 Å². The maximum absolute atomic E-state index is 13.2. The number of hydrogen-bond acceptors (Lipinski definition) is 4. The molecule has 170 valence electrons. The van der Waals surface area contributed by atoms with Gasteiger partial charge >= 0.3 is 0 Å². The maximum atomic E-state index is 13.2. The standard InChI is InChI=1S/C28H31N3OS/c1-20(2)19-31-27(32)24-11-7-8-12-26(24)30-28(31)33-18-17-25(22-9-5-4-6-10-22)29-23-15-13-21(3)14-16-23/h4-16,20,25,29H,17-19H2,1-3H3/t25-/m0/s1. The number of aryl methyl sites for hydroxylation is 1. The highest BCUT2D eigenvalue weighted by molar-refractivity contribution is 7.99. The van der Waals surface area contributed by atoms with E-state index in [2.05, 4.69) is 74.6 Å². The molecule has 33 heavy (non-hydrogen) atoms. The summed E-state index contributed by atoms with van der Waals surface area (Å²) in [6, 6.07) is 26.9. The molecule has 0 fully saturated rings. The van der Waals surface area contributed by atoms with E-state index in [9.17, 15) is 4.79 Å². The minimum atomic E-state index is 0.0502. The number of benzene rings is 3. The van der Waals surface area contributed by atoms with Crippen LogP contribution in [0.1, 0.15) is 37.4 Å². The van der Waals surface area contributed by atoms with Crippen LogP contribution in [0.3, 0.4) is 0 Å². The average molecular weight is 458 g/mol. The van der Waals surface area contributed by atoms with Crippen LogP contribution in [0.15, 0.2) is 88.8 Å². The Morgan fingerprint density at radius 3 is 2.36 bits per heavy atom. The molecule has 1 aromatic heterocycles. The number of thioether (sulfide) groups is 1. The Morgan fingerprint density at radius 2 is 1.64 bits per heavy atom. The van der Waals surface area contributed by atoms with E-state index >= 15 is 0 Å². The molecule has 4 nitrogen and oxygen atoms in total. The second-order valence-corrected chi connectivity index (χ2v) is 9.89. The molecule has 0 aliphatic heterocycles. The fourth-order valence-electron chi connectivity index (χ4n) is 3.91. The van der Waals surface area contributed by atoms with Crippen molar-refractivity contribution < 1.29 is 0 Å². The molecule has 0 aliphatic carbocycles. The van der Waals surface area contributed by atoms with Crippen LogP contribution >= 0.6 is 11.8 Å². The lowest BCUT2D eigenvalue weighted by Crippen LogP contribution is -2.25. The van der Waals surface area contributed by atoms with Gasteiger partial charge in [-0.15, -0.1) is 0 Å². The van der Waals surface area contributed by atoms with Gasteiger partial charge in [-0.25, -0.2) is 4.98 Å². The summed E-state index contributed by atoms with van der Waals surface area (Å²) in [6.45, 7) is 7.03. The van der Waals surface area contributed by atoms with Crippen LogP contribution in [0.2, 0.25) is 0 Å². The summed E-state index contributed by atoms with van der Waals surface area (Å²) >= 11 is 1.67. The molecule has 0 spiro atoms. The van der Waals surface area contributed by atoms with Crippen molar-refractivity contribution in [2.24, 2.45) is 5.92 Å². The number of para-hydroxylation sites is 1. The first kappa shape index (κ1) is 23.1. The van der Waals surface area contributed by atoms with E-state index < -0.39 is 0 Å². The second-order valence-electron chi connectivity index (χ2n) is 8.83. The fourth-order valence-corrected chi connectivity index (χ4v) is 4.92. The Labute approximate surface area is 200 Å². The van der Waals surface area contributed by atoms with Gasteiger partial charge in [0, 0.05) is 18.0 Å². The predicted octanol–water partition coefficient (Wildman–Crippen LogP) is 6.70. The normalized spacial score (nSPS) is 12.2. The number of hydrogen-bond donors (Lipinski definition) is 1. The van der Waals surface area contributed by atoms with Gasteiger partial charge < -0.3 is 5.32 Å². The first-order chi connectivity index (χ1) is 16.0.